The Morgan fingerprint density at radius 2 is 0.874 bits per heavy atom. The molecule has 0 aliphatic carbocycles. The van der Waals surface area contributed by atoms with Gasteiger partial charge in [0.05, 0.1) is 42.0 Å². The van der Waals surface area contributed by atoms with Crippen molar-refractivity contribution >= 4 is 136 Å². The average Bonchev–Trinajstić information content (AvgIpc) is 1.64. The zero-order chi connectivity index (χ0) is 66.3. The quantitative estimate of drug-likeness (QED) is 0.101. The van der Waals surface area contributed by atoms with E-state index < -0.39 is 0 Å². The minimum atomic E-state index is -0.311. The van der Waals surface area contributed by atoms with E-state index in [9.17, 15) is 27.9 Å². The number of β-amino-alcohol motifs (C(OH)–C–C–N with tert-alkyl or cyclic N) is 1. The van der Waals surface area contributed by atoms with Crippen LogP contribution in [-0.4, -0.2) is 142 Å². The number of aromatic nitrogens is 12. The third-order valence-corrected chi connectivity index (χ3v) is 20.1. The van der Waals surface area contributed by atoms with Gasteiger partial charge in [0.25, 0.3) is 0 Å². The molecule has 0 radical (unpaired) electrons. The van der Waals surface area contributed by atoms with Gasteiger partial charge < -0.3 is 34.5 Å². The molecular formula is C66H63Cl2F3N18O3S3. The van der Waals surface area contributed by atoms with Crippen LogP contribution in [0.1, 0.15) is 57.1 Å². The highest BCUT2D eigenvalue weighted by Gasteiger charge is 2.29. The van der Waals surface area contributed by atoms with Crippen molar-refractivity contribution in [2.24, 2.45) is 0 Å². The van der Waals surface area contributed by atoms with Gasteiger partial charge in [-0.2, -0.15) is 13.5 Å². The third-order valence-electron chi connectivity index (χ3n) is 16.6. The normalized spacial score (nSPS) is 14.8. The number of carbonyl (C=O) groups is 2. The van der Waals surface area contributed by atoms with Gasteiger partial charge in [-0.15, -0.1) is 26.6 Å². The minimum Gasteiger partial charge on any atom is -0.391 e. The van der Waals surface area contributed by atoms with E-state index >= 15 is 0 Å². The number of hydrogen-bond donors (Lipinski definition) is 1. The number of ketones is 2. The summed E-state index contributed by atoms with van der Waals surface area (Å²) >= 11 is 17.2. The van der Waals surface area contributed by atoms with Crippen LogP contribution in [-0.2, 0) is 28.9 Å². The SMILES string of the molecule is CCc1nc2ccc(N3CCC(=O)C3)nn2c1N(C)c1nc(-c2ccc(F)cc2)c(Cl)s1.CCc1nc2ccc(N3CCC(=O)C3)nn2c1N(C)c1nc(-c2ccc(F)cc2)c(Cl)s1.CCc1nc2ccc(N3CCC(O)C3)nn2c1N(C)c1nc(-c2ccc(F)cc2)cs1. The average molecular weight is 1380 g/mol. The fourth-order valence-electron chi connectivity index (χ4n) is 11.6. The maximum Gasteiger partial charge on any atom is 0.192 e. The summed E-state index contributed by atoms with van der Waals surface area (Å²) in [5.41, 5.74) is 9.30. The Labute approximate surface area is 565 Å². The Morgan fingerprint density at radius 3 is 1.23 bits per heavy atom. The molecule has 0 amide bonds. The van der Waals surface area contributed by atoms with Crippen molar-refractivity contribution in [3.05, 3.63) is 158 Å². The fourth-order valence-corrected chi connectivity index (χ4v) is 14.7. The van der Waals surface area contributed by atoms with Crippen molar-refractivity contribution in [2.75, 3.05) is 89.8 Å². The topological polar surface area (TPSA) is 203 Å². The van der Waals surface area contributed by atoms with Crippen LogP contribution in [0.4, 0.5) is 63.5 Å². The molecule has 3 aliphatic rings. The number of fused-ring (bicyclic) bond motifs is 3. The molecule has 9 aromatic heterocycles. The Bertz CT molecular complexity index is 4600. The standard InChI is InChI=1S/2C22H20ClFN6OS.C22H23FN6OS/c2*1-3-16-21(30-17(25-16)8-9-18(27-30)29-11-10-15(31)12-29)28(2)22-26-19(20(23)32-22)13-4-6-14(24)7-5-13;1-3-17-21(27(2)22-25-18(13-31-22)14-4-6-15(23)7-5-14)29-19(24-17)8-9-20(26-29)28-11-10-16(30)12-28/h2*4-9H,3,10-12H2,1-2H3;4-9,13,16,30H,3,10-12H2,1-2H3. The van der Waals surface area contributed by atoms with Crippen LogP contribution in [0.2, 0.25) is 8.67 Å². The van der Waals surface area contributed by atoms with E-state index in [1.807, 2.05) is 106 Å². The largest absolute Gasteiger partial charge is 0.391 e. The van der Waals surface area contributed by atoms with Gasteiger partial charge in [0, 0.05) is 82.2 Å². The van der Waals surface area contributed by atoms with E-state index in [4.69, 9.17) is 68.4 Å². The van der Waals surface area contributed by atoms with Gasteiger partial charge >= 0.3 is 0 Å². The number of benzene rings is 3. The molecule has 12 aromatic rings. The van der Waals surface area contributed by atoms with Crippen molar-refractivity contribution in [2.45, 2.75) is 65.4 Å². The molecule has 15 rings (SSSR count). The maximum atomic E-state index is 13.3. The van der Waals surface area contributed by atoms with E-state index in [1.165, 1.54) is 70.4 Å². The van der Waals surface area contributed by atoms with Gasteiger partial charge in [-0.05, 0) is 135 Å². The lowest BCUT2D eigenvalue weighted by Crippen LogP contribution is -2.23. The smallest absolute Gasteiger partial charge is 0.192 e. The summed E-state index contributed by atoms with van der Waals surface area (Å²) in [5, 5.41) is 28.4. The molecule has 95 heavy (non-hydrogen) atoms. The van der Waals surface area contributed by atoms with E-state index in [-0.39, 0.29) is 35.1 Å². The number of halogens is 5. The number of rotatable bonds is 15. The zero-order valence-corrected chi connectivity index (χ0v) is 56.4. The Kier molecular flexibility index (Phi) is 18.6. The predicted octanol–water partition coefficient (Wildman–Crippen LogP) is 13.4. The summed E-state index contributed by atoms with van der Waals surface area (Å²) in [4.78, 5) is 63.8. The van der Waals surface area contributed by atoms with Gasteiger partial charge in [0.15, 0.2) is 61.4 Å². The van der Waals surface area contributed by atoms with Crippen molar-refractivity contribution < 1.29 is 27.9 Å². The van der Waals surface area contributed by atoms with Crippen molar-refractivity contribution in [3.8, 4) is 33.8 Å². The number of nitrogens with zero attached hydrogens (tertiary/aromatic N) is 18. The lowest BCUT2D eigenvalue weighted by atomic mass is 10.2. The van der Waals surface area contributed by atoms with Gasteiger partial charge in [-0.3, -0.25) is 9.59 Å². The molecule has 0 saturated carbocycles. The summed E-state index contributed by atoms with van der Waals surface area (Å²) in [7, 11) is 5.77. The molecule has 1 unspecified atom stereocenters. The van der Waals surface area contributed by atoms with E-state index in [2.05, 4.69) is 11.8 Å². The Balaban J connectivity index is 0.000000129. The lowest BCUT2D eigenvalue weighted by molar-refractivity contribution is -0.117. The van der Waals surface area contributed by atoms with Gasteiger partial charge in [-0.1, -0.05) is 66.6 Å². The predicted molar refractivity (Wildman–Crippen MR) is 370 cm³/mol. The summed E-state index contributed by atoms with van der Waals surface area (Å²) in [6.45, 7) is 9.62. The molecule has 12 heterocycles. The highest BCUT2D eigenvalue weighted by atomic mass is 35.5. The number of aliphatic hydroxyl groups is 1. The molecule has 1 atom stereocenters. The molecule has 21 nitrogen and oxygen atoms in total. The number of anilines is 9. The molecule has 0 bridgehead atoms. The van der Waals surface area contributed by atoms with Gasteiger partial charge in [0.2, 0.25) is 0 Å². The van der Waals surface area contributed by atoms with E-state index in [1.54, 1.807) is 45.4 Å². The number of hydrogen-bond acceptors (Lipinski definition) is 21. The Morgan fingerprint density at radius 1 is 0.495 bits per heavy atom. The number of thiazole rings is 3. The summed E-state index contributed by atoms with van der Waals surface area (Å²) in [6, 6.07) is 30.1. The number of carbonyl (C=O) groups excluding carboxylic acids is 2. The van der Waals surface area contributed by atoms with Crippen molar-refractivity contribution in [1.29, 1.82) is 0 Å². The van der Waals surface area contributed by atoms with E-state index in [0.717, 1.165) is 116 Å². The molecule has 1 N–H and O–H groups in total. The highest BCUT2D eigenvalue weighted by molar-refractivity contribution is 7.20. The second-order valence-corrected chi connectivity index (χ2v) is 26.8. The molecule has 3 aromatic carbocycles. The lowest BCUT2D eigenvalue weighted by Gasteiger charge is -2.19. The van der Waals surface area contributed by atoms with Crippen LogP contribution < -0.4 is 29.4 Å². The van der Waals surface area contributed by atoms with Crippen LogP contribution in [0.5, 0.6) is 0 Å². The van der Waals surface area contributed by atoms with Crippen molar-refractivity contribution in [3.63, 3.8) is 0 Å². The van der Waals surface area contributed by atoms with Crippen LogP contribution in [0, 0.1) is 17.5 Å². The number of imidazole rings is 3. The molecule has 29 heteroatoms. The second-order valence-electron chi connectivity index (χ2n) is 22.9. The first-order valence-corrected chi connectivity index (χ1v) is 34.1. The Hall–Kier alpha value is -9.12. The third kappa shape index (κ3) is 13.2. The maximum absolute atomic E-state index is 13.3. The molecule has 0 spiro atoms. The highest BCUT2D eigenvalue weighted by Crippen LogP contribution is 2.42. The summed E-state index contributed by atoms with van der Waals surface area (Å²) in [5.74, 6) is 4.33. The molecule has 3 fully saturated rings. The van der Waals surface area contributed by atoms with Crippen molar-refractivity contribution in [1.82, 2.24) is 58.7 Å². The first-order chi connectivity index (χ1) is 45.9. The summed E-state index contributed by atoms with van der Waals surface area (Å²) < 4.78 is 46.4. The molecule has 3 saturated heterocycles. The second kappa shape index (κ2) is 27.3. The molecular weight excluding hydrogens is 1320 g/mol. The number of aryl methyl sites for hydroxylation is 3. The first-order valence-electron chi connectivity index (χ1n) is 30.8. The monoisotopic (exact) mass is 1380 g/mol. The molecule has 488 valence electrons. The zero-order valence-electron chi connectivity index (χ0n) is 52.5. The van der Waals surface area contributed by atoms with E-state index in [0.29, 0.717) is 88.7 Å². The van der Waals surface area contributed by atoms with Crippen LogP contribution in [0.25, 0.3) is 50.7 Å². The first kappa shape index (κ1) is 64.6. The van der Waals surface area contributed by atoms with Crippen LogP contribution >= 0.6 is 57.2 Å². The van der Waals surface area contributed by atoms with Gasteiger partial charge in [0.1, 0.15) is 55.0 Å². The fraction of sp³-hybridized carbons (Fsp3) is 0.288. The number of aliphatic hydroxyl groups excluding tert-OH is 1. The molecule has 3 aliphatic heterocycles. The van der Waals surface area contributed by atoms with Gasteiger partial charge in [-0.25, -0.2) is 43.1 Å². The number of Topliss-reactive ketones (excluding diaryl/α,β-unsaturated/α-hetero) is 2. The van der Waals surface area contributed by atoms with Crippen LogP contribution in [0.15, 0.2) is 115 Å². The minimum absolute atomic E-state index is 0.217. The summed E-state index contributed by atoms with van der Waals surface area (Å²) in [6.07, 6.45) is 3.71. The van der Waals surface area contributed by atoms with Crippen LogP contribution in [0.3, 0.4) is 0 Å².